The van der Waals surface area contributed by atoms with Gasteiger partial charge in [0.05, 0.1) is 22.0 Å². The predicted octanol–water partition coefficient (Wildman–Crippen LogP) is 5.07. The molecular formula is C26H25F3N6O4S2. The summed E-state index contributed by atoms with van der Waals surface area (Å²) in [6.07, 6.45) is 2.34. The molecule has 216 valence electrons. The second-order valence-electron chi connectivity index (χ2n) is 9.06. The molecule has 1 saturated heterocycles. The largest absolute Gasteiger partial charge is 0.490 e. The minimum atomic E-state index is -5.08. The van der Waals surface area contributed by atoms with Crippen molar-refractivity contribution in [2.75, 3.05) is 5.32 Å². The van der Waals surface area contributed by atoms with Crippen molar-refractivity contribution >= 4 is 52.2 Å². The fourth-order valence-electron chi connectivity index (χ4n) is 4.10. The molecule has 2 amide bonds. The number of aromatic nitrogens is 3. The number of pyridine rings is 1. The first kappa shape index (κ1) is 30.1. The van der Waals surface area contributed by atoms with Crippen LogP contribution in [0.3, 0.4) is 0 Å². The van der Waals surface area contributed by atoms with E-state index in [1.807, 2.05) is 0 Å². The van der Waals surface area contributed by atoms with Crippen molar-refractivity contribution in [1.82, 2.24) is 25.6 Å². The molecule has 0 atom stereocenters. The number of carboxylic acid groups (broad SMARTS) is 1. The monoisotopic (exact) mass is 606 g/mol. The van der Waals surface area contributed by atoms with E-state index in [1.165, 1.54) is 5.56 Å². The lowest BCUT2D eigenvalue weighted by atomic mass is 9.91. The van der Waals surface area contributed by atoms with Crippen molar-refractivity contribution in [3.63, 3.8) is 0 Å². The Labute approximate surface area is 240 Å². The molecule has 0 radical (unpaired) electrons. The number of nitrogens with one attached hydrogen (secondary N) is 3. The van der Waals surface area contributed by atoms with E-state index in [0.717, 1.165) is 55.4 Å². The molecule has 3 aromatic rings. The average Bonchev–Trinajstić information content (AvgIpc) is 3.58. The number of anilines is 1. The van der Waals surface area contributed by atoms with Crippen molar-refractivity contribution in [3.05, 3.63) is 63.6 Å². The van der Waals surface area contributed by atoms with Gasteiger partial charge in [-0.05, 0) is 73.2 Å². The fraction of sp³-hybridized carbons (Fsp3) is 0.308. The number of aliphatic carboxylic acids is 1. The fourth-order valence-corrected chi connectivity index (χ4v) is 5.42. The summed E-state index contributed by atoms with van der Waals surface area (Å²) in [6, 6.07) is 10.8. The van der Waals surface area contributed by atoms with E-state index in [4.69, 9.17) is 14.9 Å². The third-order valence-corrected chi connectivity index (χ3v) is 7.59. The number of imide groups is 1. The Morgan fingerprint density at radius 2 is 1.83 bits per heavy atom. The molecule has 0 spiro atoms. The van der Waals surface area contributed by atoms with E-state index in [0.29, 0.717) is 28.6 Å². The van der Waals surface area contributed by atoms with E-state index < -0.39 is 12.1 Å². The maximum Gasteiger partial charge on any atom is 0.490 e. The van der Waals surface area contributed by atoms with Gasteiger partial charge in [0.2, 0.25) is 5.95 Å². The molecule has 0 bridgehead atoms. The van der Waals surface area contributed by atoms with Crippen LogP contribution in [0.15, 0.2) is 52.2 Å². The van der Waals surface area contributed by atoms with Crippen LogP contribution in [0, 0.1) is 0 Å². The highest BCUT2D eigenvalue weighted by Gasteiger charge is 2.38. The predicted molar refractivity (Wildman–Crippen MR) is 149 cm³/mol. The Morgan fingerprint density at radius 3 is 2.46 bits per heavy atom. The van der Waals surface area contributed by atoms with Gasteiger partial charge in [-0.25, -0.2) is 14.8 Å². The molecule has 1 aliphatic heterocycles. The molecule has 41 heavy (non-hydrogen) atoms. The number of amides is 2. The van der Waals surface area contributed by atoms with Crippen molar-refractivity contribution in [2.45, 2.75) is 50.5 Å². The third-order valence-electron chi connectivity index (χ3n) is 6.10. The van der Waals surface area contributed by atoms with Gasteiger partial charge in [0.25, 0.3) is 11.1 Å². The van der Waals surface area contributed by atoms with Gasteiger partial charge >= 0.3 is 12.1 Å². The van der Waals surface area contributed by atoms with E-state index >= 15 is 0 Å². The summed E-state index contributed by atoms with van der Waals surface area (Å²) in [7, 11) is 0. The lowest BCUT2D eigenvalue weighted by Crippen LogP contribution is -2.37. The zero-order valence-electron chi connectivity index (χ0n) is 21.4. The molecule has 15 heteroatoms. The van der Waals surface area contributed by atoms with Crippen molar-refractivity contribution in [3.8, 4) is 11.3 Å². The van der Waals surface area contributed by atoms with Gasteiger partial charge in [0.15, 0.2) is 0 Å². The van der Waals surface area contributed by atoms with Crippen molar-refractivity contribution < 1.29 is 32.7 Å². The van der Waals surface area contributed by atoms with Crippen LogP contribution in [0.5, 0.6) is 0 Å². The summed E-state index contributed by atoms with van der Waals surface area (Å²) in [5, 5.41) is 20.3. The zero-order chi connectivity index (χ0) is 29.4. The normalized spacial score (nSPS) is 19.8. The molecule has 2 fully saturated rings. The quantitative estimate of drug-likeness (QED) is 0.269. The molecule has 4 N–H and O–H groups in total. The van der Waals surface area contributed by atoms with Crippen LogP contribution in [0.4, 0.5) is 23.9 Å². The number of halogens is 3. The third kappa shape index (κ3) is 9.09. The van der Waals surface area contributed by atoms with Crippen LogP contribution in [0.1, 0.15) is 37.1 Å². The number of thiophene rings is 1. The average molecular weight is 607 g/mol. The number of hydrogen-bond acceptors (Lipinski definition) is 10. The summed E-state index contributed by atoms with van der Waals surface area (Å²) >= 11 is 2.57. The number of rotatable bonds is 7. The molecular weight excluding hydrogens is 581 g/mol. The molecule has 1 saturated carbocycles. The second kappa shape index (κ2) is 13.7. The smallest absolute Gasteiger partial charge is 0.475 e. The first-order valence-electron chi connectivity index (χ1n) is 12.4. The zero-order valence-corrected chi connectivity index (χ0v) is 23.0. The number of thioether (sulfide) groups is 1. The maximum atomic E-state index is 11.7. The van der Waals surface area contributed by atoms with Gasteiger partial charge in [0.1, 0.15) is 0 Å². The first-order chi connectivity index (χ1) is 19.6. The van der Waals surface area contributed by atoms with Crippen LogP contribution in [-0.4, -0.2) is 55.4 Å². The van der Waals surface area contributed by atoms with Gasteiger partial charge in [-0.1, -0.05) is 6.07 Å². The molecule has 1 aliphatic carbocycles. The number of hydrogen-bond donors (Lipinski definition) is 4. The Balaban J connectivity index is 0.000000493. The Kier molecular flexibility index (Phi) is 10.1. The van der Waals surface area contributed by atoms with Crippen molar-refractivity contribution in [1.29, 1.82) is 0 Å². The molecule has 2 aliphatic rings. The molecule has 0 unspecified atom stereocenters. The number of alkyl halides is 3. The highest BCUT2D eigenvalue weighted by molar-refractivity contribution is 8.18. The Bertz CT molecular complexity index is 1410. The van der Waals surface area contributed by atoms with Crippen molar-refractivity contribution in [2.24, 2.45) is 0 Å². The van der Waals surface area contributed by atoms with Crippen LogP contribution >= 0.6 is 23.1 Å². The molecule has 10 nitrogen and oxygen atoms in total. The standard InChI is InChI=1S/C24H24N6O2S2.C2HF3O2/c31-22-21(34-24(32)30-22)12-18-8-10-25-23(29-18)28-17-6-4-16(5-7-17)26-13-19-2-1-3-20(27-19)15-9-11-33-14-15;3-2(4,5)1(6)7/h1-3,8-12,14,16-17,26H,4-7,13H2,(H,25,28,29)(H,30,31,32);(H,6,7)/b21-12-;/t16-,17-;. The van der Waals surface area contributed by atoms with Crippen LogP contribution in [0.25, 0.3) is 17.3 Å². The van der Waals surface area contributed by atoms with Gasteiger partial charge in [-0.15, -0.1) is 0 Å². The minimum absolute atomic E-state index is 0.298. The maximum absolute atomic E-state index is 11.7. The SMILES string of the molecule is O=C(O)C(F)(F)F.O=C1NC(=O)/C(=C/c2ccnc(N[C@H]3CC[C@H](NCc4cccc(-c5ccsc5)n4)CC3)n2)S1. The van der Waals surface area contributed by atoms with Gasteiger partial charge < -0.3 is 15.7 Å². The van der Waals surface area contributed by atoms with Crippen LogP contribution in [0.2, 0.25) is 0 Å². The molecule has 4 heterocycles. The highest BCUT2D eigenvalue weighted by Crippen LogP contribution is 2.26. The van der Waals surface area contributed by atoms with Gasteiger partial charge in [0, 0.05) is 35.8 Å². The first-order valence-corrected chi connectivity index (χ1v) is 14.2. The highest BCUT2D eigenvalue weighted by atomic mass is 32.2. The van der Waals surface area contributed by atoms with E-state index in [2.05, 4.69) is 60.9 Å². The second-order valence-corrected chi connectivity index (χ2v) is 10.9. The summed E-state index contributed by atoms with van der Waals surface area (Å²) in [4.78, 5) is 45.9. The van der Waals surface area contributed by atoms with E-state index in [1.54, 1.807) is 29.7 Å². The van der Waals surface area contributed by atoms with Crippen LogP contribution < -0.4 is 16.0 Å². The minimum Gasteiger partial charge on any atom is -0.475 e. The molecule has 5 rings (SSSR count). The molecule has 0 aromatic carbocycles. The topological polar surface area (TPSA) is 146 Å². The van der Waals surface area contributed by atoms with E-state index in [-0.39, 0.29) is 11.1 Å². The van der Waals surface area contributed by atoms with E-state index in [9.17, 15) is 22.8 Å². The summed E-state index contributed by atoms with van der Waals surface area (Å²) in [5.74, 6) is -2.61. The number of carbonyl (C=O) groups excluding carboxylic acids is 2. The summed E-state index contributed by atoms with van der Waals surface area (Å²) in [6.45, 7) is 0.759. The van der Waals surface area contributed by atoms with Crippen LogP contribution in [-0.2, 0) is 16.1 Å². The number of carbonyl (C=O) groups is 3. The molecule has 3 aromatic heterocycles. The summed E-state index contributed by atoms with van der Waals surface area (Å²) < 4.78 is 31.7. The van der Waals surface area contributed by atoms with Gasteiger partial charge in [-0.3, -0.25) is 19.9 Å². The summed E-state index contributed by atoms with van der Waals surface area (Å²) in [5.41, 5.74) is 3.83. The Morgan fingerprint density at radius 1 is 1.10 bits per heavy atom. The van der Waals surface area contributed by atoms with Gasteiger partial charge in [-0.2, -0.15) is 24.5 Å². The number of carboxylic acids is 1. The lowest BCUT2D eigenvalue weighted by Gasteiger charge is -2.29. The number of nitrogens with zero attached hydrogens (tertiary/aromatic N) is 3. The Hall–Kier alpha value is -3.82. The lowest BCUT2D eigenvalue weighted by molar-refractivity contribution is -0.192.